The van der Waals surface area contributed by atoms with Gasteiger partial charge in [0.1, 0.15) is 0 Å². The minimum atomic E-state index is -0.794. The van der Waals surface area contributed by atoms with Gasteiger partial charge in [0.05, 0.1) is 0 Å². The van der Waals surface area contributed by atoms with Crippen LogP contribution in [0.2, 0.25) is 0 Å². The maximum absolute atomic E-state index is 11.2. The first kappa shape index (κ1) is 12.7. The van der Waals surface area contributed by atoms with Crippen molar-refractivity contribution in [1.82, 2.24) is 4.90 Å². The molecule has 0 bridgehead atoms. The number of carboxylic acids is 1. The predicted molar refractivity (Wildman–Crippen MR) is 53.7 cm³/mol. The average molecular weight is 199 g/mol. The van der Waals surface area contributed by atoms with Gasteiger partial charge < -0.3 is 10.0 Å². The predicted octanol–water partition coefficient (Wildman–Crippen LogP) is 1.62. The smallest absolute Gasteiger partial charge is 0.303 e. The zero-order valence-corrected chi connectivity index (χ0v) is 8.53. The first-order valence-electron chi connectivity index (χ1n) is 4.75. The lowest BCUT2D eigenvalue weighted by Gasteiger charge is -2.16. The largest absolute Gasteiger partial charge is 0.481 e. The summed E-state index contributed by atoms with van der Waals surface area (Å²) < 4.78 is 0. The van der Waals surface area contributed by atoms with Crippen LogP contribution in [0.5, 0.6) is 0 Å². The van der Waals surface area contributed by atoms with Gasteiger partial charge in [0.15, 0.2) is 0 Å². The highest BCUT2D eigenvalue weighted by Crippen LogP contribution is 2.01. The fraction of sp³-hybridized carbons (Fsp3) is 0.600. The molecule has 1 amide bonds. The van der Waals surface area contributed by atoms with Crippen molar-refractivity contribution < 1.29 is 14.7 Å². The maximum Gasteiger partial charge on any atom is 0.303 e. The third-order valence-corrected chi connectivity index (χ3v) is 1.88. The summed E-state index contributed by atoms with van der Waals surface area (Å²) >= 11 is 0. The van der Waals surface area contributed by atoms with E-state index in [2.05, 4.69) is 6.58 Å². The second-order valence-corrected chi connectivity index (χ2v) is 2.97. The SMILES string of the molecule is C=CN(CCCCC(=O)O)C(=O)CC. The van der Waals surface area contributed by atoms with Crippen molar-refractivity contribution in [3.05, 3.63) is 12.8 Å². The van der Waals surface area contributed by atoms with Crippen LogP contribution in [-0.2, 0) is 9.59 Å². The number of hydrogen-bond donors (Lipinski definition) is 1. The second-order valence-electron chi connectivity index (χ2n) is 2.97. The number of rotatable bonds is 7. The molecule has 0 heterocycles. The summed E-state index contributed by atoms with van der Waals surface area (Å²) in [6, 6.07) is 0. The summed E-state index contributed by atoms with van der Waals surface area (Å²) in [5.74, 6) is -0.771. The van der Waals surface area contributed by atoms with Crippen molar-refractivity contribution in [3.8, 4) is 0 Å². The molecule has 0 spiro atoms. The van der Waals surface area contributed by atoms with Crippen molar-refractivity contribution in [1.29, 1.82) is 0 Å². The van der Waals surface area contributed by atoms with E-state index in [-0.39, 0.29) is 12.3 Å². The van der Waals surface area contributed by atoms with Gasteiger partial charge in [-0.25, -0.2) is 0 Å². The van der Waals surface area contributed by atoms with Crippen molar-refractivity contribution in [2.75, 3.05) is 6.54 Å². The molecular weight excluding hydrogens is 182 g/mol. The molecule has 0 saturated heterocycles. The van der Waals surface area contributed by atoms with Crippen LogP contribution >= 0.6 is 0 Å². The molecule has 0 unspecified atom stereocenters. The number of carboxylic acid groups (broad SMARTS) is 1. The Balaban J connectivity index is 3.68. The number of carbonyl (C=O) groups excluding carboxylic acids is 1. The van der Waals surface area contributed by atoms with Crippen molar-refractivity contribution in [2.24, 2.45) is 0 Å². The molecule has 0 rings (SSSR count). The van der Waals surface area contributed by atoms with Crippen LogP contribution < -0.4 is 0 Å². The summed E-state index contributed by atoms with van der Waals surface area (Å²) in [7, 11) is 0. The van der Waals surface area contributed by atoms with Gasteiger partial charge in [-0.2, -0.15) is 0 Å². The van der Waals surface area contributed by atoms with Gasteiger partial charge in [0.25, 0.3) is 0 Å². The Bertz CT molecular complexity index is 213. The fourth-order valence-corrected chi connectivity index (χ4v) is 1.08. The zero-order valence-electron chi connectivity index (χ0n) is 8.53. The average Bonchev–Trinajstić information content (AvgIpc) is 2.16. The van der Waals surface area contributed by atoms with Crippen LogP contribution in [0, 0.1) is 0 Å². The summed E-state index contributed by atoms with van der Waals surface area (Å²) in [4.78, 5) is 22.9. The first-order valence-corrected chi connectivity index (χ1v) is 4.75. The minimum Gasteiger partial charge on any atom is -0.481 e. The number of carbonyl (C=O) groups is 2. The third kappa shape index (κ3) is 5.35. The minimum absolute atomic E-state index is 0.0234. The van der Waals surface area contributed by atoms with Crippen molar-refractivity contribution in [2.45, 2.75) is 32.6 Å². The van der Waals surface area contributed by atoms with E-state index in [1.54, 1.807) is 6.92 Å². The fourth-order valence-electron chi connectivity index (χ4n) is 1.08. The molecule has 0 aliphatic heterocycles. The molecule has 4 heteroatoms. The van der Waals surface area contributed by atoms with Crippen LogP contribution in [0.15, 0.2) is 12.8 Å². The number of hydrogen-bond acceptors (Lipinski definition) is 2. The lowest BCUT2D eigenvalue weighted by molar-refractivity contribution is -0.137. The molecule has 4 nitrogen and oxygen atoms in total. The van der Waals surface area contributed by atoms with Crippen LogP contribution in [0.1, 0.15) is 32.6 Å². The van der Waals surface area contributed by atoms with Gasteiger partial charge in [-0.1, -0.05) is 13.5 Å². The van der Waals surface area contributed by atoms with Crippen molar-refractivity contribution in [3.63, 3.8) is 0 Å². The van der Waals surface area contributed by atoms with Crippen molar-refractivity contribution >= 4 is 11.9 Å². The van der Waals surface area contributed by atoms with E-state index in [1.165, 1.54) is 11.1 Å². The van der Waals surface area contributed by atoms with Gasteiger partial charge in [-0.05, 0) is 19.0 Å². The molecule has 0 radical (unpaired) electrons. The van der Waals surface area contributed by atoms with E-state index >= 15 is 0 Å². The summed E-state index contributed by atoms with van der Waals surface area (Å²) in [5.41, 5.74) is 0. The van der Waals surface area contributed by atoms with Gasteiger partial charge in [0, 0.05) is 19.4 Å². The number of nitrogens with zero attached hydrogens (tertiary/aromatic N) is 1. The Morgan fingerprint density at radius 2 is 2.07 bits per heavy atom. The molecule has 1 N–H and O–H groups in total. The van der Waals surface area contributed by atoms with Gasteiger partial charge in [-0.3, -0.25) is 9.59 Å². The van der Waals surface area contributed by atoms with Crippen LogP contribution in [0.25, 0.3) is 0 Å². The number of aliphatic carboxylic acids is 1. The Morgan fingerprint density at radius 3 is 2.50 bits per heavy atom. The third-order valence-electron chi connectivity index (χ3n) is 1.88. The molecule has 0 aliphatic carbocycles. The van der Waals surface area contributed by atoms with E-state index in [9.17, 15) is 9.59 Å². The van der Waals surface area contributed by atoms with Crippen LogP contribution in [0.4, 0.5) is 0 Å². The monoisotopic (exact) mass is 199 g/mol. The molecule has 14 heavy (non-hydrogen) atoms. The Hall–Kier alpha value is -1.32. The lowest BCUT2D eigenvalue weighted by Crippen LogP contribution is -2.25. The second kappa shape index (κ2) is 7.12. The topological polar surface area (TPSA) is 57.6 Å². The van der Waals surface area contributed by atoms with E-state index < -0.39 is 5.97 Å². The van der Waals surface area contributed by atoms with Gasteiger partial charge in [-0.15, -0.1) is 0 Å². The van der Waals surface area contributed by atoms with Crippen LogP contribution in [-0.4, -0.2) is 28.4 Å². The molecule has 80 valence electrons. The quantitative estimate of drug-likeness (QED) is 0.634. The highest BCUT2D eigenvalue weighted by atomic mass is 16.4. The highest BCUT2D eigenvalue weighted by Gasteiger charge is 2.06. The summed E-state index contributed by atoms with van der Waals surface area (Å²) in [6.07, 6.45) is 3.39. The molecule has 0 aromatic rings. The molecule has 0 aliphatic rings. The molecular formula is C10H17NO3. The molecule has 0 atom stereocenters. The lowest BCUT2D eigenvalue weighted by atomic mass is 10.2. The van der Waals surface area contributed by atoms with E-state index in [0.29, 0.717) is 25.8 Å². The number of unbranched alkanes of at least 4 members (excludes halogenated alkanes) is 1. The Kier molecular flexibility index (Phi) is 6.45. The first-order chi connectivity index (χ1) is 6.61. The van der Waals surface area contributed by atoms with E-state index in [4.69, 9.17) is 5.11 Å². The maximum atomic E-state index is 11.2. The van der Waals surface area contributed by atoms with Gasteiger partial charge in [0.2, 0.25) is 5.91 Å². The van der Waals surface area contributed by atoms with Crippen LogP contribution in [0.3, 0.4) is 0 Å². The molecule has 0 aromatic carbocycles. The zero-order chi connectivity index (χ0) is 11.0. The summed E-state index contributed by atoms with van der Waals surface area (Å²) in [6.45, 7) is 5.88. The normalized spacial score (nSPS) is 9.50. The van der Waals surface area contributed by atoms with Gasteiger partial charge >= 0.3 is 5.97 Å². The molecule has 0 saturated carbocycles. The van der Waals surface area contributed by atoms with E-state index in [0.717, 1.165) is 0 Å². The highest BCUT2D eigenvalue weighted by molar-refractivity contribution is 5.76. The standard InChI is InChI=1S/C10H17NO3/c1-3-9(12)11(4-2)8-6-5-7-10(13)14/h4H,2-3,5-8H2,1H3,(H,13,14). The summed E-state index contributed by atoms with van der Waals surface area (Å²) in [5, 5.41) is 8.39. The number of amides is 1. The van der Waals surface area contributed by atoms with E-state index in [1.807, 2.05) is 0 Å². The Labute approximate surface area is 84.2 Å². The molecule has 0 aromatic heterocycles. The molecule has 0 fully saturated rings. The Morgan fingerprint density at radius 1 is 1.43 bits per heavy atom.